The van der Waals surface area contributed by atoms with Crippen LogP contribution in [-0.4, -0.2) is 37.1 Å². The first kappa shape index (κ1) is 33.6. The lowest BCUT2D eigenvalue weighted by atomic mass is 10.1. The summed E-state index contributed by atoms with van der Waals surface area (Å²) >= 11 is 3.13. The van der Waals surface area contributed by atoms with Crippen LogP contribution in [0.25, 0.3) is 6.08 Å². The maximum atomic E-state index is 14.2. The van der Waals surface area contributed by atoms with E-state index in [0.717, 1.165) is 37.3 Å². The van der Waals surface area contributed by atoms with Gasteiger partial charge in [0, 0.05) is 45.7 Å². The second-order valence-electron chi connectivity index (χ2n) is 11.6. The number of hydrogen-bond donors (Lipinski definition) is 2. The fourth-order valence-corrected chi connectivity index (χ4v) is 7.49. The van der Waals surface area contributed by atoms with Crippen molar-refractivity contribution < 1.29 is 14.4 Å². The van der Waals surface area contributed by atoms with Crippen molar-refractivity contribution in [3.8, 4) is 0 Å². The van der Waals surface area contributed by atoms with E-state index in [1.807, 2.05) is 128 Å². The SMILES string of the molecule is CCC(Sc1cccc(NC(=O)/C(=C\c2ccc(N(C)C)cc2)NC(=O)c2ccccc2)c1)C(=O)N1c2ccccc2Sc2ccccc21. The van der Waals surface area contributed by atoms with Crippen molar-refractivity contribution in [3.05, 3.63) is 144 Å². The van der Waals surface area contributed by atoms with Gasteiger partial charge in [0.15, 0.2) is 0 Å². The van der Waals surface area contributed by atoms with Crippen LogP contribution in [0.5, 0.6) is 0 Å². The molecule has 1 unspecified atom stereocenters. The van der Waals surface area contributed by atoms with Crippen LogP contribution >= 0.6 is 23.5 Å². The predicted molar refractivity (Wildman–Crippen MR) is 202 cm³/mol. The first-order chi connectivity index (χ1) is 23.8. The molecule has 0 spiro atoms. The maximum Gasteiger partial charge on any atom is 0.272 e. The molecule has 5 aromatic rings. The first-order valence-corrected chi connectivity index (χ1v) is 17.6. The van der Waals surface area contributed by atoms with Gasteiger partial charge in [0.2, 0.25) is 5.91 Å². The number of hydrogen-bond acceptors (Lipinski definition) is 6. The standard InChI is InChI=1S/C40H36N4O3S2/c1-4-35(40(47)44-33-17-8-10-19-36(33)49-37-20-11-9-18-34(37)44)48-31-16-12-15-29(26-31)41-39(46)32(42-38(45)28-13-6-5-7-14-28)25-27-21-23-30(24-22-27)43(2)3/h5-26,35H,4H2,1-3H3,(H,41,46)(H,42,45)/b32-25+. The third-order valence-corrected chi connectivity index (χ3v) is 10.4. The van der Waals surface area contributed by atoms with E-state index in [-0.39, 0.29) is 22.8 Å². The number of thioether (sulfide) groups is 1. The van der Waals surface area contributed by atoms with Crippen molar-refractivity contribution in [1.29, 1.82) is 0 Å². The van der Waals surface area contributed by atoms with E-state index < -0.39 is 5.91 Å². The van der Waals surface area contributed by atoms with E-state index in [1.165, 1.54) is 11.8 Å². The summed E-state index contributed by atoms with van der Waals surface area (Å²) in [6, 6.07) is 39.9. The number of rotatable bonds is 10. The Bertz CT molecular complexity index is 1970. The maximum absolute atomic E-state index is 14.2. The Balaban J connectivity index is 1.23. The first-order valence-electron chi connectivity index (χ1n) is 15.9. The third kappa shape index (κ3) is 7.91. The monoisotopic (exact) mass is 684 g/mol. The molecular weight excluding hydrogens is 649 g/mol. The number of fused-ring (bicyclic) bond motifs is 2. The van der Waals surface area contributed by atoms with Gasteiger partial charge in [-0.3, -0.25) is 19.3 Å². The highest BCUT2D eigenvalue weighted by Gasteiger charge is 2.32. The molecule has 0 saturated heterocycles. The average molecular weight is 685 g/mol. The summed E-state index contributed by atoms with van der Waals surface area (Å²) in [6.45, 7) is 2.01. The quantitative estimate of drug-likeness (QED) is 0.113. The van der Waals surface area contributed by atoms with E-state index >= 15 is 0 Å². The highest BCUT2D eigenvalue weighted by Crippen LogP contribution is 2.49. The molecule has 246 valence electrons. The summed E-state index contributed by atoms with van der Waals surface area (Å²) in [5.41, 5.74) is 4.63. The van der Waals surface area contributed by atoms with Crippen LogP contribution in [0.4, 0.5) is 22.7 Å². The lowest BCUT2D eigenvalue weighted by Crippen LogP contribution is -2.35. The lowest BCUT2D eigenvalue weighted by molar-refractivity contribution is -0.117. The summed E-state index contributed by atoms with van der Waals surface area (Å²) in [5.74, 6) is -0.860. The van der Waals surface area contributed by atoms with E-state index in [1.54, 1.807) is 48.2 Å². The number of para-hydroxylation sites is 2. The van der Waals surface area contributed by atoms with Crippen LogP contribution in [0.1, 0.15) is 29.3 Å². The molecule has 2 N–H and O–H groups in total. The van der Waals surface area contributed by atoms with Crippen LogP contribution in [0.15, 0.2) is 148 Å². The average Bonchev–Trinajstić information content (AvgIpc) is 3.13. The van der Waals surface area contributed by atoms with Crippen molar-refractivity contribution in [2.75, 3.05) is 29.2 Å². The van der Waals surface area contributed by atoms with Gasteiger partial charge in [0.1, 0.15) is 5.70 Å². The fourth-order valence-electron chi connectivity index (χ4n) is 5.38. The molecule has 0 aromatic heterocycles. The molecule has 49 heavy (non-hydrogen) atoms. The number of carbonyl (C=O) groups excluding carboxylic acids is 3. The number of benzene rings is 5. The molecule has 0 fully saturated rings. The largest absolute Gasteiger partial charge is 0.378 e. The molecule has 0 aliphatic carbocycles. The Morgan fingerprint density at radius 2 is 1.43 bits per heavy atom. The Kier molecular flexibility index (Phi) is 10.5. The Morgan fingerprint density at radius 1 is 0.796 bits per heavy atom. The van der Waals surface area contributed by atoms with Gasteiger partial charge in [-0.25, -0.2) is 0 Å². The van der Waals surface area contributed by atoms with Gasteiger partial charge in [-0.1, -0.05) is 79.3 Å². The fraction of sp³-hybridized carbons (Fsp3) is 0.125. The predicted octanol–water partition coefficient (Wildman–Crippen LogP) is 8.86. The molecule has 9 heteroatoms. The Hall–Kier alpha value is -5.25. The second kappa shape index (κ2) is 15.3. The van der Waals surface area contributed by atoms with Crippen molar-refractivity contribution in [1.82, 2.24) is 5.32 Å². The minimum absolute atomic E-state index is 0.00346. The Morgan fingerprint density at radius 3 is 2.06 bits per heavy atom. The van der Waals surface area contributed by atoms with Gasteiger partial charge in [-0.2, -0.15) is 0 Å². The zero-order valence-electron chi connectivity index (χ0n) is 27.4. The summed E-state index contributed by atoms with van der Waals surface area (Å²) in [4.78, 5) is 47.8. The zero-order valence-corrected chi connectivity index (χ0v) is 29.1. The highest BCUT2D eigenvalue weighted by atomic mass is 32.2. The van der Waals surface area contributed by atoms with Crippen LogP contribution in [0, 0.1) is 0 Å². The van der Waals surface area contributed by atoms with E-state index in [0.29, 0.717) is 17.7 Å². The van der Waals surface area contributed by atoms with Gasteiger partial charge in [-0.15, -0.1) is 11.8 Å². The van der Waals surface area contributed by atoms with E-state index in [4.69, 9.17) is 0 Å². The molecule has 0 saturated carbocycles. The van der Waals surface area contributed by atoms with Gasteiger partial charge < -0.3 is 15.5 Å². The second-order valence-corrected chi connectivity index (χ2v) is 13.9. The summed E-state index contributed by atoms with van der Waals surface area (Å²) in [6.07, 6.45) is 2.27. The topological polar surface area (TPSA) is 81.8 Å². The summed E-state index contributed by atoms with van der Waals surface area (Å²) < 4.78 is 0. The number of nitrogens with one attached hydrogen (secondary N) is 2. The molecule has 0 radical (unpaired) electrons. The lowest BCUT2D eigenvalue weighted by Gasteiger charge is -2.33. The molecule has 0 bridgehead atoms. The zero-order chi connectivity index (χ0) is 34.3. The van der Waals surface area contributed by atoms with Crippen LogP contribution < -0.4 is 20.4 Å². The molecule has 5 aromatic carbocycles. The van der Waals surface area contributed by atoms with Crippen molar-refractivity contribution in [2.24, 2.45) is 0 Å². The molecule has 1 aliphatic heterocycles. The van der Waals surface area contributed by atoms with E-state index in [2.05, 4.69) is 10.6 Å². The molecule has 1 atom stereocenters. The molecule has 6 rings (SSSR count). The number of anilines is 4. The summed E-state index contributed by atoms with van der Waals surface area (Å²) in [7, 11) is 3.92. The van der Waals surface area contributed by atoms with Crippen LogP contribution in [0.2, 0.25) is 0 Å². The molecule has 1 aliphatic rings. The van der Waals surface area contributed by atoms with Gasteiger partial charge in [0.25, 0.3) is 11.8 Å². The van der Waals surface area contributed by atoms with Gasteiger partial charge >= 0.3 is 0 Å². The smallest absolute Gasteiger partial charge is 0.272 e. The van der Waals surface area contributed by atoms with Crippen LogP contribution in [0.3, 0.4) is 0 Å². The minimum Gasteiger partial charge on any atom is -0.378 e. The minimum atomic E-state index is -0.467. The number of carbonyl (C=O) groups is 3. The third-order valence-electron chi connectivity index (χ3n) is 7.92. The van der Waals surface area contributed by atoms with Crippen molar-refractivity contribution >= 4 is 70.1 Å². The van der Waals surface area contributed by atoms with Gasteiger partial charge in [-0.05, 0) is 84.8 Å². The molecule has 3 amide bonds. The van der Waals surface area contributed by atoms with Crippen molar-refractivity contribution in [2.45, 2.75) is 33.3 Å². The number of nitrogens with zero attached hydrogens (tertiary/aromatic N) is 2. The normalized spacial score (nSPS) is 12.7. The summed E-state index contributed by atoms with van der Waals surface area (Å²) in [5, 5.41) is 5.39. The highest BCUT2D eigenvalue weighted by molar-refractivity contribution is 8.00. The van der Waals surface area contributed by atoms with E-state index in [9.17, 15) is 14.4 Å². The van der Waals surface area contributed by atoms with Crippen molar-refractivity contribution in [3.63, 3.8) is 0 Å². The molecule has 1 heterocycles. The van der Waals surface area contributed by atoms with Crippen LogP contribution in [-0.2, 0) is 9.59 Å². The molecule has 7 nitrogen and oxygen atoms in total. The molecular formula is C40H36N4O3S2. The Labute approximate surface area is 295 Å². The number of amides is 3. The van der Waals surface area contributed by atoms with Gasteiger partial charge in [0.05, 0.1) is 16.6 Å².